The Kier molecular flexibility index (Phi) is 3.65. The Bertz CT molecular complexity index is 328. The molecule has 0 spiro atoms. The maximum atomic E-state index is 11.8. The fourth-order valence-electron chi connectivity index (χ4n) is 0.433. The Hall–Kier alpha value is -0.850. The minimum Gasteiger partial charge on any atom is -0.219 e. The first-order valence-electron chi connectivity index (χ1n) is 3.00. The highest BCUT2D eigenvalue weighted by molar-refractivity contribution is 7.98. The molecule has 0 fully saturated rings. The number of hydrogen-bond acceptors (Lipinski definition) is 2. The summed E-state index contributed by atoms with van der Waals surface area (Å²) in [5.41, 5.74) is 0. The molecule has 0 saturated carbocycles. The van der Waals surface area contributed by atoms with Gasteiger partial charge < -0.3 is 0 Å². The molecule has 0 atom stereocenters. The molecule has 0 aliphatic heterocycles. The number of halogens is 4. The van der Waals surface area contributed by atoms with Crippen molar-refractivity contribution in [3.05, 3.63) is 22.0 Å². The van der Waals surface area contributed by atoms with Crippen LogP contribution >= 0.6 is 0 Å². The van der Waals surface area contributed by atoms with Crippen molar-refractivity contribution in [3.63, 3.8) is 0 Å². The van der Waals surface area contributed by atoms with Crippen molar-refractivity contribution in [2.75, 3.05) is 0 Å². The second-order valence-corrected chi connectivity index (χ2v) is 4.37. The summed E-state index contributed by atoms with van der Waals surface area (Å²) in [6.45, 7) is 1.13. The first-order chi connectivity index (χ1) is 5.71. The SMILES string of the molecule is CC(=C(F)F)S(=O)(=O)C(C)=C(F)F. The molecule has 0 aliphatic carbocycles. The van der Waals surface area contributed by atoms with Gasteiger partial charge in [-0.2, -0.15) is 17.6 Å². The topological polar surface area (TPSA) is 34.1 Å². The zero-order valence-electron chi connectivity index (χ0n) is 6.74. The fraction of sp³-hybridized carbons (Fsp3) is 0.333. The van der Waals surface area contributed by atoms with E-state index in [1.54, 1.807) is 0 Å². The third kappa shape index (κ3) is 2.55. The van der Waals surface area contributed by atoms with Gasteiger partial charge in [-0.05, 0) is 13.8 Å². The van der Waals surface area contributed by atoms with Crippen LogP contribution in [0.5, 0.6) is 0 Å². The molecule has 2 nitrogen and oxygen atoms in total. The lowest BCUT2D eigenvalue weighted by Crippen LogP contribution is -2.04. The summed E-state index contributed by atoms with van der Waals surface area (Å²) in [4.78, 5) is -2.70. The zero-order chi connectivity index (χ0) is 10.8. The highest BCUT2D eigenvalue weighted by Crippen LogP contribution is 2.24. The van der Waals surface area contributed by atoms with Crippen LogP contribution in [0.15, 0.2) is 22.0 Å². The number of hydrogen-bond donors (Lipinski definition) is 0. The van der Waals surface area contributed by atoms with E-state index >= 15 is 0 Å². The Morgan fingerprint density at radius 3 is 1.23 bits per heavy atom. The molecule has 0 aliphatic rings. The van der Waals surface area contributed by atoms with Gasteiger partial charge in [0.25, 0.3) is 12.2 Å². The number of allylic oxidation sites excluding steroid dienone is 2. The van der Waals surface area contributed by atoms with E-state index in [4.69, 9.17) is 0 Å². The fourth-order valence-corrected chi connectivity index (χ4v) is 1.30. The summed E-state index contributed by atoms with van der Waals surface area (Å²) >= 11 is 0. The summed E-state index contributed by atoms with van der Waals surface area (Å²) < 4.78 is 68.8. The first-order valence-corrected chi connectivity index (χ1v) is 4.48. The molecule has 0 saturated heterocycles. The molecule has 0 aromatic rings. The van der Waals surface area contributed by atoms with Crippen LogP contribution in [0.25, 0.3) is 0 Å². The third-order valence-corrected chi connectivity index (χ3v) is 3.26. The summed E-state index contributed by atoms with van der Waals surface area (Å²) in [6.07, 6.45) is -4.97. The molecule has 0 amide bonds. The lowest BCUT2D eigenvalue weighted by molar-refractivity contribution is 0.413. The molecule has 0 unspecified atom stereocenters. The smallest absolute Gasteiger partial charge is 0.219 e. The van der Waals surface area contributed by atoms with E-state index in [2.05, 4.69) is 0 Å². The molecule has 0 aromatic heterocycles. The van der Waals surface area contributed by atoms with Gasteiger partial charge in [0.1, 0.15) is 9.81 Å². The van der Waals surface area contributed by atoms with Gasteiger partial charge in [-0.25, -0.2) is 8.42 Å². The molecule has 0 rings (SSSR count). The zero-order valence-corrected chi connectivity index (χ0v) is 7.55. The van der Waals surface area contributed by atoms with Crippen LogP contribution < -0.4 is 0 Å². The van der Waals surface area contributed by atoms with Crippen LogP contribution in [-0.4, -0.2) is 8.42 Å². The van der Waals surface area contributed by atoms with Crippen molar-refractivity contribution in [1.29, 1.82) is 0 Å². The maximum absolute atomic E-state index is 11.8. The highest BCUT2D eigenvalue weighted by Gasteiger charge is 2.24. The molecule has 0 radical (unpaired) electrons. The predicted octanol–water partition coefficient (Wildman–Crippen LogP) is 2.66. The van der Waals surface area contributed by atoms with E-state index in [1.165, 1.54) is 0 Å². The number of rotatable bonds is 2. The highest BCUT2D eigenvalue weighted by atomic mass is 32.2. The van der Waals surface area contributed by atoms with Gasteiger partial charge in [-0.15, -0.1) is 0 Å². The molecule has 0 aromatic carbocycles. The lowest BCUT2D eigenvalue weighted by Gasteiger charge is -2.01. The minimum atomic E-state index is -4.68. The minimum absolute atomic E-state index is 0.567. The van der Waals surface area contributed by atoms with Crippen molar-refractivity contribution in [2.24, 2.45) is 0 Å². The Morgan fingerprint density at radius 1 is 0.846 bits per heavy atom. The summed E-state index contributed by atoms with van der Waals surface area (Å²) in [7, 11) is -4.68. The Labute approximate surface area is 72.5 Å². The van der Waals surface area contributed by atoms with Gasteiger partial charge in [-0.1, -0.05) is 0 Å². The van der Waals surface area contributed by atoms with E-state index in [-0.39, 0.29) is 0 Å². The van der Waals surface area contributed by atoms with Crippen LogP contribution in [0.2, 0.25) is 0 Å². The van der Waals surface area contributed by atoms with E-state index < -0.39 is 31.8 Å². The predicted molar refractivity (Wildman–Crippen MR) is 38.8 cm³/mol. The second-order valence-electron chi connectivity index (χ2n) is 2.14. The molecule has 7 heteroatoms. The van der Waals surface area contributed by atoms with Gasteiger partial charge in [0, 0.05) is 0 Å². The first kappa shape index (κ1) is 12.2. The van der Waals surface area contributed by atoms with Gasteiger partial charge in [-0.3, -0.25) is 0 Å². The average molecular weight is 218 g/mol. The van der Waals surface area contributed by atoms with Crippen molar-refractivity contribution >= 4 is 9.84 Å². The van der Waals surface area contributed by atoms with Crippen LogP contribution in [0.1, 0.15) is 13.8 Å². The normalized spacial score (nSPS) is 10.9. The lowest BCUT2D eigenvalue weighted by atomic mass is 10.7. The summed E-state index contributed by atoms with van der Waals surface area (Å²) in [6, 6.07) is 0. The Morgan fingerprint density at radius 2 is 1.08 bits per heavy atom. The van der Waals surface area contributed by atoms with Crippen LogP contribution in [0.3, 0.4) is 0 Å². The third-order valence-electron chi connectivity index (χ3n) is 1.34. The Balaban J connectivity index is 5.53. The molecule has 13 heavy (non-hydrogen) atoms. The largest absolute Gasteiger partial charge is 0.284 e. The monoisotopic (exact) mass is 218 g/mol. The van der Waals surface area contributed by atoms with Crippen molar-refractivity contribution in [3.8, 4) is 0 Å². The summed E-state index contributed by atoms with van der Waals surface area (Å²) in [5.74, 6) is 0. The standard InChI is InChI=1S/C6H6F4O2S/c1-3(5(7)8)13(11,12)4(2)6(9)10/h1-2H3. The maximum Gasteiger partial charge on any atom is 0.284 e. The number of sulfone groups is 1. The van der Waals surface area contributed by atoms with Gasteiger partial charge in [0.15, 0.2) is 0 Å². The molecule has 76 valence electrons. The molecule has 0 heterocycles. The van der Waals surface area contributed by atoms with Gasteiger partial charge in [0.2, 0.25) is 9.84 Å². The second kappa shape index (κ2) is 3.91. The summed E-state index contributed by atoms with van der Waals surface area (Å²) in [5, 5.41) is 0. The molecule has 0 bridgehead atoms. The molecule has 0 N–H and O–H groups in total. The van der Waals surface area contributed by atoms with Crippen LogP contribution in [-0.2, 0) is 9.84 Å². The van der Waals surface area contributed by atoms with E-state index in [0.717, 1.165) is 0 Å². The average Bonchev–Trinajstić information content (AvgIpc) is 2.01. The van der Waals surface area contributed by atoms with Crippen LogP contribution in [0.4, 0.5) is 17.6 Å². The van der Waals surface area contributed by atoms with E-state index in [9.17, 15) is 26.0 Å². The van der Waals surface area contributed by atoms with Gasteiger partial charge in [0.05, 0.1) is 0 Å². The van der Waals surface area contributed by atoms with E-state index in [1.807, 2.05) is 0 Å². The van der Waals surface area contributed by atoms with Crippen molar-refractivity contribution in [1.82, 2.24) is 0 Å². The van der Waals surface area contributed by atoms with E-state index in [0.29, 0.717) is 13.8 Å². The van der Waals surface area contributed by atoms with Gasteiger partial charge >= 0.3 is 0 Å². The van der Waals surface area contributed by atoms with Crippen molar-refractivity contribution < 1.29 is 26.0 Å². The van der Waals surface area contributed by atoms with Crippen LogP contribution in [0, 0.1) is 0 Å². The molecular formula is C6H6F4O2S. The quantitative estimate of drug-likeness (QED) is 0.667. The van der Waals surface area contributed by atoms with Crippen molar-refractivity contribution in [2.45, 2.75) is 13.8 Å². The molecular weight excluding hydrogens is 212 g/mol.